The van der Waals surface area contributed by atoms with Crippen LogP contribution < -0.4 is 5.73 Å². The van der Waals surface area contributed by atoms with Crippen molar-refractivity contribution >= 4 is 43.1 Å². The van der Waals surface area contributed by atoms with E-state index in [9.17, 15) is 13.5 Å². The lowest BCUT2D eigenvalue weighted by molar-refractivity contribution is 0.185. The second-order valence-electron chi connectivity index (χ2n) is 3.40. The van der Waals surface area contributed by atoms with Crippen LogP contribution in [0.25, 0.3) is 0 Å². The molecule has 0 aliphatic carbocycles. The molecule has 1 aromatic rings. The molecular formula is C9H11BrClNO3S. The Morgan fingerprint density at radius 3 is 2.25 bits per heavy atom. The average molecular weight is 329 g/mol. The minimum absolute atomic E-state index is 0.367. The summed E-state index contributed by atoms with van der Waals surface area (Å²) in [4.78, 5) is 0. The van der Waals surface area contributed by atoms with Crippen LogP contribution in [0.1, 0.15) is 11.7 Å². The third-order valence-electron chi connectivity index (χ3n) is 2.06. The molecule has 0 fully saturated rings. The lowest BCUT2D eigenvalue weighted by Gasteiger charge is -2.24. The van der Waals surface area contributed by atoms with Gasteiger partial charge in [0, 0.05) is 11.9 Å². The topological polar surface area (TPSA) is 80.4 Å². The van der Waals surface area contributed by atoms with E-state index in [1.165, 1.54) is 12.1 Å². The molecule has 0 radical (unpaired) electrons. The minimum Gasteiger partial charge on any atom is -0.399 e. The van der Waals surface area contributed by atoms with Crippen molar-refractivity contribution in [3.63, 3.8) is 0 Å². The first-order chi connectivity index (χ1) is 7.16. The number of anilines is 1. The fourth-order valence-corrected chi connectivity index (χ4v) is 2.01. The van der Waals surface area contributed by atoms with E-state index < -0.39 is 19.1 Å². The lowest BCUT2D eigenvalue weighted by atomic mass is 10.1. The van der Waals surface area contributed by atoms with Gasteiger partial charge in [0.25, 0.3) is 0 Å². The van der Waals surface area contributed by atoms with Gasteiger partial charge < -0.3 is 10.8 Å². The van der Waals surface area contributed by atoms with Crippen LogP contribution in [0.3, 0.4) is 0 Å². The molecule has 0 spiro atoms. The van der Waals surface area contributed by atoms with Crippen molar-refractivity contribution in [3.8, 4) is 0 Å². The minimum atomic E-state index is -3.66. The molecule has 0 bridgehead atoms. The molecule has 0 aromatic heterocycles. The Labute approximate surface area is 107 Å². The van der Waals surface area contributed by atoms with Gasteiger partial charge in [0.1, 0.15) is 6.10 Å². The van der Waals surface area contributed by atoms with E-state index in [-0.39, 0.29) is 0 Å². The van der Waals surface area contributed by atoms with Gasteiger partial charge in [0.2, 0.25) is 3.12 Å². The molecule has 0 aliphatic rings. The molecular weight excluding hydrogens is 318 g/mol. The number of halogens is 2. The van der Waals surface area contributed by atoms with Gasteiger partial charge in [0.05, 0.1) is 0 Å². The molecule has 16 heavy (non-hydrogen) atoms. The van der Waals surface area contributed by atoms with Gasteiger partial charge in [-0.25, -0.2) is 8.42 Å². The Morgan fingerprint density at radius 1 is 1.44 bits per heavy atom. The van der Waals surface area contributed by atoms with Gasteiger partial charge >= 0.3 is 0 Å². The third-order valence-corrected chi connectivity index (χ3v) is 6.52. The van der Waals surface area contributed by atoms with Gasteiger partial charge in [-0.05, 0) is 33.6 Å². The molecule has 7 heteroatoms. The number of rotatable bonds is 3. The average Bonchev–Trinajstić information content (AvgIpc) is 2.16. The summed E-state index contributed by atoms with van der Waals surface area (Å²) < 4.78 is 20.8. The monoisotopic (exact) mass is 327 g/mol. The van der Waals surface area contributed by atoms with E-state index in [0.29, 0.717) is 11.3 Å². The van der Waals surface area contributed by atoms with Crippen LogP contribution in [0.4, 0.5) is 5.69 Å². The van der Waals surface area contributed by atoms with E-state index in [0.717, 1.165) is 6.26 Å². The summed E-state index contributed by atoms with van der Waals surface area (Å²) in [5.74, 6) is 0. The first kappa shape index (κ1) is 13.8. The van der Waals surface area contributed by atoms with Crippen LogP contribution in [0.5, 0.6) is 0 Å². The molecule has 1 rings (SSSR count). The molecule has 0 amide bonds. The van der Waals surface area contributed by atoms with Crippen molar-refractivity contribution in [3.05, 3.63) is 29.8 Å². The molecule has 2 atom stereocenters. The Bertz CT molecular complexity index is 472. The van der Waals surface area contributed by atoms with Crippen LogP contribution in [0.2, 0.25) is 0 Å². The van der Waals surface area contributed by atoms with Gasteiger partial charge in [-0.2, -0.15) is 0 Å². The van der Waals surface area contributed by atoms with Gasteiger partial charge in [-0.1, -0.05) is 23.7 Å². The number of nitrogens with two attached hydrogens (primary N) is 1. The number of aliphatic hydroxyl groups is 1. The van der Waals surface area contributed by atoms with Crippen molar-refractivity contribution in [1.29, 1.82) is 0 Å². The highest BCUT2D eigenvalue weighted by Crippen LogP contribution is 2.42. The zero-order valence-electron chi connectivity index (χ0n) is 8.39. The van der Waals surface area contributed by atoms with E-state index in [1.807, 2.05) is 0 Å². The summed E-state index contributed by atoms with van der Waals surface area (Å²) in [7, 11) is -3.66. The highest BCUT2D eigenvalue weighted by Gasteiger charge is 2.44. The van der Waals surface area contributed by atoms with Crippen molar-refractivity contribution in [2.45, 2.75) is 9.22 Å². The third kappa shape index (κ3) is 2.68. The van der Waals surface area contributed by atoms with Crippen molar-refractivity contribution in [2.75, 3.05) is 12.0 Å². The van der Waals surface area contributed by atoms with Crippen LogP contribution >= 0.6 is 27.5 Å². The highest BCUT2D eigenvalue weighted by molar-refractivity contribution is 9.12. The Kier molecular flexibility index (Phi) is 3.89. The molecule has 4 nitrogen and oxygen atoms in total. The Morgan fingerprint density at radius 2 is 1.88 bits per heavy atom. The number of hydrogen-bond donors (Lipinski definition) is 2. The summed E-state index contributed by atoms with van der Waals surface area (Å²) in [6.45, 7) is 0. The Hall–Kier alpha value is -0.300. The fourth-order valence-electron chi connectivity index (χ4n) is 1.08. The van der Waals surface area contributed by atoms with Crippen molar-refractivity contribution < 1.29 is 13.5 Å². The molecule has 3 N–H and O–H groups in total. The summed E-state index contributed by atoms with van der Waals surface area (Å²) in [6.07, 6.45) is -0.445. The summed E-state index contributed by atoms with van der Waals surface area (Å²) in [6, 6.07) is 6.15. The van der Waals surface area contributed by atoms with Crippen molar-refractivity contribution in [2.24, 2.45) is 0 Å². The van der Waals surface area contributed by atoms with E-state index in [4.69, 9.17) is 17.3 Å². The molecule has 1 aromatic carbocycles. The lowest BCUT2D eigenvalue weighted by Crippen LogP contribution is -2.32. The predicted molar refractivity (Wildman–Crippen MR) is 68.2 cm³/mol. The standard InChI is InChI=1S/C9H11BrClNO3S/c1-16(14,15)9(10,11)8(13)6-2-4-7(12)5-3-6/h2-5,8,13H,12H2,1H3/t8-,9+/m0/s1. The molecule has 0 saturated heterocycles. The van der Waals surface area contributed by atoms with Crippen LogP contribution in [0, 0.1) is 0 Å². The number of alkyl halides is 2. The molecule has 0 saturated carbocycles. The van der Waals surface area contributed by atoms with Crippen LogP contribution in [-0.4, -0.2) is 22.9 Å². The molecule has 0 heterocycles. The number of nitrogen functional groups attached to an aromatic ring is 1. The fraction of sp³-hybridized carbons (Fsp3) is 0.333. The Balaban J connectivity index is 3.12. The van der Waals surface area contributed by atoms with Gasteiger partial charge in [-0.15, -0.1) is 0 Å². The number of hydrogen-bond acceptors (Lipinski definition) is 4. The largest absolute Gasteiger partial charge is 0.399 e. The normalized spacial score (nSPS) is 17.8. The number of aliphatic hydroxyl groups excluding tert-OH is 1. The van der Waals surface area contributed by atoms with E-state index in [1.54, 1.807) is 12.1 Å². The van der Waals surface area contributed by atoms with Crippen LogP contribution in [0.15, 0.2) is 24.3 Å². The first-order valence-corrected chi connectivity index (χ1v) is 7.33. The second-order valence-corrected chi connectivity index (χ2v) is 8.64. The predicted octanol–water partition coefficient (Wildman–Crippen LogP) is 1.63. The SMILES string of the molecule is CS(=O)(=O)[C@@](Cl)(Br)[C@@H](O)c1ccc(N)cc1. The van der Waals surface area contributed by atoms with Crippen molar-refractivity contribution in [1.82, 2.24) is 0 Å². The van der Waals surface area contributed by atoms with E-state index in [2.05, 4.69) is 15.9 Å². The van der Waals surface area contributed by atoms with Crippen LogP contribution in [-0.2, 0) is 9.84 Å². The maximum atomic E-state index is 11.4. The molecule has 90 valence electrons. The molecule has 0 unspecified atom stereocenters. The smallest absolute Gasteiger partial charge is 0.228 e. The second kappa shape index (κ2) is 4.52. The zero-order chi connectivity index (χ0) is 12.6. The number of benzene rings is 1. The quantitative estimate of drug-likeness (QED) is 0.653. The summed E-state index contributed by atoms with van der Waals surface area (Å²) >= 11 is 8.60. The number of sulfone groups is 1. The maximum absolute atomic E-state index is 11.4. The van der Waals surface area contributed by atoms with Gasteiger partial charge in [0.15, 0.2) is 9.84 Å². The molecule has 0 aliphatic heterocycles. The zero-order valence-corrected chi connectivity index (χ0v) is 11.6. The first-order valence-electron chi connectivity index (χ1n) is 4.27. The maximum Gasteiger partial charge on any atom is 0.228 e. The summed E-state index contributed by atoms with van der Waals surface area (Å²) in [5, 5.41) is 9.88. The summed E-state index contributed by atoms with van der Waals surface area (Å²) in [5.41, 5.74) is 6.36. The van der Waals surface area contributed by atoms with Gasteiger partial charge in [-0.3, -0.25) is 0 Å². The van der Waals surface area contributed by atoms with E-state index >= 15 is 0 Å². The highest BCUT2D eigenvalue weighted by atomic mass is 79.9.